The van der Waals surface area contributed by atoms with Crippen LogP contribution in [-0.4, -0.2) is 27.6 Å². The Bertz CT molecular complexity index is 688. The molecule has 2 heterocycles. The Labute approximate surface area is 108 Å². The first-order valence-corrected chi connectivity index (χ1v) is 5.93. The molecule has 1 aromatic carbocycles. The van der Waals surface area contributed by atoms with E-state index in [4.69, 9.17) is 4.42 Å². The molecule has 0 aliphatic rings. The highest BCUT2D eigenvalue weighted by atomic mass is 16.3. The van der Waals surface area contributed by atoms with E-state index in [1.807, 2.05) is 24.3 Å². The highest BCUT2D eigenvalue weighted by molar-refractivity contribution is 6.05. The van der Waals surface area contributed by atoms with Gasteiger partial charge in [-0.25, -0.2) is 4.98 Å². The number of hydrogen-bond donors (Lipinski definition) is 2. The molecule has 0 bridgehead atoms. The SMILES string of the molecule is O=C(NCCc1ncn[nH]1)c1coc2ccccc12. The molecule has 6 heteroatoms. The lowest BCUT2D eigenvalue weighted by Gasteiger charge is -2.01. The van der Waals surface area contributed by atoms with E-state index in [1.54, 1.807) is 0 Å². The minimum Gasteiger partial charge on any atom is -0.463 e. The molecular formula is C13H12N4O2. The van der Waals surface area contributed by atoms with Gasteiger partial charge in [0.15, 0.2) is 0 Å². The van der Waals surface area contributed by atoms with Crippen molar-refractivity contribution in [2.24, 2.45) is 0 Å². The van der Waals surface area contributed by atoms with Crippen molar-refractivity contribution in [3.05, 3.63) is 48.2 Å². The lowest BCUT2D eigenvalue weighted by molar-refractivity contribution is 0.0955. The van der Waals surface area contributed by atoms with Gasteiger partial charge >= 0.3 is 0 Å². The Hall–Kier alpha value is -2.63. The number of rotatable bonds is 4. The summed E-state index contributed by atoms with van der Waals surface area (Å²) in [6.45, 7) is 0.494. The number of benzene rings is 1. The maximum atomic E-state index is 12.0. The summed E-state index contributed by atoms with van der Waals surface area (Å²) in [4.78, 5) is 16.0. The van der Waals surface area contributed by atoms with E-state index < -0.39 is 0 Å². The van der Waals surface area contributed by atoms with E-state index in [0.717, 1.165) is 11.2 Å². The van der Waals surface area contributed by atoms with Crippen molar-refractivity contribution < 1.29 is 9.21 Å². The van der Waals surface area contributed by atoms with Gasteiger partial charge in [0.25, 0.3) is 5.91 Å². The van der Waals surface area contributed by atoms with E-state index in [-0.39, 0.29) is 5.91 Å². The van der Waals surface area contributed by atoms with Gasteiger partial charge in [-0.1, -0.05) is 18.2 Å². The third-order valence-corrected chi connectivity index (χ3v) is 2.84. The van der Waals surface area contributed by atoms with Crippen molar-refractivity contribution in [3.8, 4) is 0 Å². The fourth-order valence-corrected chi connectivity index (χ4v) is 1.89. The minimum absolute atomic E-state index is 0.149. The zero-order chi connectivity index (χ0) is 13.1. The molecular weight excluding hydrogens is 244 g/mol. The van der Waals surface area contributed by atoms with Crippen LogP contribution < -0.4 is 5.32 Å². The second-order valence-electron chi connectivity index (χ2n) is 4.08. The first kappa shape index (κ1) is 11.5. The van der Waals surface area contributed by atoms with Gasteiger partial charge in [-0.05, 0) is 6.07 Å². The molecule has 96 valence electrons. The van der Waals surface area contributed by atoms with Crippen LogP contribution in [0.15, 0.2) is 41.3 Å². The van der Waals surface area contributed by atoms with Crippen LogP contribution in [0.25, 0.3) is 11.0 Å². The number of aromatic amines is 1. The van der Waals surface area contributed by atoms with Gasteiger partial charge in [-0.15, -0.1) is 0 Å². The van der Waals surface area contributed by atoms with E-state index in [2.05, 4.69) is 20.5 Å². The number of H-pyrrole nitrogens is 1. The fraction of sp³-hybridized carbons (Fsp3) is 0.154. The molecule has 0 aliphatic heterocycles. The van der Waals surface area contributed by atoms with Crippen molar-refractivity contribution in [2.45, 2.75) is 6.42 Å². The molecule has 1 amide bonds. The summed E-state index contributed by atoms with van der Waals surface area (Å²) in [5.41, 5.74) is 1.26. The zero-order valence-corrected chi connectivity index (χ0v) is 10.1. The Kier molecular flexibility index (Phi) is 2.97. The highest BCUT2D eigenvalue weighted by Gasteiger charge is 2.12. The number of hydrogen-bond acceptors (Lipinski definition) is 4. The first-order valence-electron chi connectivity index (χ1n) is 5.93. The number of carbonyl (C=O) groups is 1. The van der Waals surface area contributed by atoms with Gasteiger partial charge in [-0.3, -0.25) is 9.89 Å². The Balaban J connectivity index is 1.67. The number of nitrogens with one attached hydrogen (secondary N) is 2. The average Bonchev–Trinajstić information content (AvgIpc) is 3.07. The maximum absolute atomic E-state index is 12.0. The number of aromatic nitrogens is 3. The van der Waals surface area contributed by atoms with Crippen LogP contribution in [0.4, 0.5) is 0 Å². The molecule has 19 heavy (non-hydrogen) atoms. The topological polar surface area (TPSA) is 83.8 Å². The molecule has 0 radical (unpaired) electrons. The van der Waals surface area contributed by atoms with Gasteiger partial charge in [0.2, 0.25) is 0 Å². The average molecular weight is 256 g/mol. The van der Waals surface area contributed by atoms with E-state index in [9.17, 15) is 4.79 Å². The molecule has 0 unspecified atom stereocenters. The summed E-state index contributed by atoms with van der Waals surface area (Å²) in [6, 6.07) is 7.45. The van der Waals surface area contributed by atoms with Crippen LogP contribution in [0.1, 0.15) is 16.2 Å². The monoisotopic (exact) mass is 256 g/mol. The quantitative estimate of drug-likeness (QED) is 0.741. The molecule has 0 aliphatic carbocycles. The summed E-state index contributed by atoms with van der Waals surface area (Å²) < 4.78 is 5.33. The third kappa shape index (κ3) is 2.33. The molecule has 3 aromatic rings. The van der Waals surface area contributed by atoms with Gasteiger partial charge in [-0.2, -0.15) is 5.10 Å². The van der Waals surface area contributed by atoms with Crippen molar-refractivity contribution >= 4 is 16.9 Å². The van der Waals surface area contributed by atoms with Gasteiger partial charge in [0.1, 0.15) is 24.0 Å². The third-order valence-electron chi connectivity index (χ3n) is 2.84. The number of amides is 1. The smallest absolute Gasteiger partial charge is 0.255 e. The predicted molar refractivity (Wildman–Crippen MR) is 68.6 cm³/mol. The summed E-state index contributed by atoms with van der Waals surface area (Å²) in [6.07, 6.45) is 3.54. The second-order valence-corrected chi connectivity index (χ2v) is 4.08. The van der Waals surface area contributed by atoms with Crippen LogP contribution in [0, 0.1) is 0 Å². The number of nitrogens with zero attached hydrogens (tertiary/aromatic N) is 2. The van der Waals surface area contributed by atoms with Crippen LogP contribution in [0.3, 0.4) is 0 Å². The fourth-order valence-electron chi connectivity index (χ4n) is 1.89. The summed E-state index contributed by atoms with van der Waals surface area (Å²) in [7, 11) is 0. The molecule has 2 aromatic heterocycles. The minimum atomic E-state index is -0.149. The van der Waals surface area contributed by atoms with Gasteiger partial charge < -0.3 is 9.73 Å². The Morgan fingerprint density at radius 2 is 2.26 bits per heavy atom. The van der Waals surface area contributed by atoms with Crippen molar-refractivity contribution in [2.75, 3.05) is 6.54 Å². The van der Waals surface area contributed by atoms with E-state index in [0.29, 0.717) is 24.1 Å². The number of furan rings is 1. The van der Waals surface area contributed by atoms with Crippen LogP contribution in [0.5, 0.6) is 0 Å². The van der Waals surface area contributed by atoms with E-state index >= 15 is 0 Å². The van der Waals surface area contributed by atoms with Crippen LogP contribution in [0.2, 0.25) is 0 Å². The Morgan fingerprint density at radius 3 is 3.11 bits per heavy atom. The van der Waals surface area contributed by atoms with Crippen molar-refractivity contribution in [1.82, 2.24) is 20.5 Å². The summed E-state index contributed by atoms with van der Waals surface area (Å²) >= 11 is 0. The van der Waals surface area contributed by atoms with Crippen LogP contribution in [-0.2, 0) is 6.42 Å². The summed E-state index contributed by atoms with van der Waals surface area (Å²) in [5, 5.41) is 10.1. The molecule has 0 saturated heterocycles. The molecule has 0 fully saturated rings. The van der Waals surface area contributed by atoms with Gasteiger partial charge in [0, 0.05) is 18.4 Å². The molecule has 0 atom stereocenters. The highest BCUT2D eigenvalue weighted by Crippen LogP contribution is 2.20. The lowest BCUT2D eigenvalue weighted by Crippen LogP contribution is -2.25. The normalized spacial score (nSPS) is 10.7. The maximum Gasteiger partial charge on any atom is 0.255 e. The number of fused-ring (bicyclic) bond motifs is 1. The number of carbonyl (C=O) groups excluding carboxylic acids is 1. The van der Waals surface area contributed by atoms with Crippen LogP contribution >= 0.6 is 0 Å². The second kappa shape index (κ2) is 4.93. The molecule has 0 saturated carbocycles. The molecule has 0 spiro atoms. The zero-order valence-electron chi connectivity index (χ0n) is 10.1. The lowest BCUT2D eigenvalue weighted by atomic mass is 10.1. The van der Waals surface area contributed by atoms with Crippen molar-refractivity contribution in [1.29, 1.82) is 0 Å². The Morgan fingerprint density at radius 1 is 1.37 bits per heavy atom. The molecule has 2 N–H and O–H groups in total. The standard InChI is InChI=1S/C13H12N4O2/c18-13(14-6-5-12-15-8-16-17-12)10-7-19-11-4-2-1-3-9(10)11/h1-4,7-8H,5-6H2,(H,14,18)(H,15,16,17). The number of para-hydroxylation sites is 1. The summed E-state index contributed by atoms with van der Waals surface area (Å²) in [5.74, 6) is 0.599. The van der Waals surface area contributed by atoms with Crippen molar-refractivity contribution in [3.63, 3.8) is 0 Å². The predicted octanol–water partition coefficient (Wildman–Crippen LogP) is 1.52. The molecule has 6 nitrogen and oxygen atoms in total. The van der Waals surface area contributed by atoms with Gasteiger partial charge in [0.05, 0.1) is 5.56 Å². The largest absolute Gasteiger partial charge is 0.463 e. The van der Waals surface area contributed by atoms with E-state index in [1.165, 1.54) is 12.6 Å². The molecule has 3 rings (SSSR count). The first-order chi connectivity index (χ1) is 9.34.